The van der Waals surface area contributed by atoms with Crippen molar-refractivity contribution in [3.63, 3.8) is 0 Å². The van der Waals surface area contributed by atoms with Crippen molar-refractivity contribution in [2.45, 2.75) is 39.2 Å². The topological polar surface area (TPSA) is 115 Å². The van der Waals surface area contributed by atoms with Gasteiger partial charge in [-0.25, -0.2) is 0 Å². The first-order chi connectivity index (χ1) is 9.40. The van der Waals surface area contributed by atoms with Gasteiger partial charge in [-0.15, -0.1) is 11.3 Å². The Labute approximate surface area is 121 Å². The van der Waals surface area contributed by atoms with Crippen molar-refractivity contribution in [2.24, 2.45) is 11.5 Å². The fourth-order valence-corrected chi connectivity index (χ4v) is 3.06. The van der Waals surface area contributed by atoms with Gasteiger partial charge in [0.1, 0.15) is 0 Å². The molecule has 7 heteroatoms. The van der Waals surface area contributed by atoms with E-state index in [1.165, 1.54) is 11.3 Å². The molecule has 1 heterocycles. The molecule has 110 valence electrons. The summed E-state index contributed by atoms with van der Waals surface area (Å²) in [5, 5.41) is 2.26. The second-order valence-corrected chi connectivity index (χ2v) is 5.51. The lowest BCUT2D eigenvalue weighted by atomic mass is 10.1. The van der Waals surface area contributed by atoms with Crippen molar-refractivity contribution < 1.29 is 14.4 Å². The van der Waals surface area contributed by atoms with Crippen LogP contribution >= 0.6 is 11.3 Å². The van der Waals surface area contributed by atoms with Crippen LogP contribution in [0.4, 0.5) is 0 Å². The van der Waals surface area contributed by atoms with Gasteiger partial charge in [-0.1, -0.05) is 20.3 Å². The smallest absolute Gasteiger partial charge is 0.262 e. The normalized spacial score (nSPS) is 10.6. The van der Waals surface area contributed by atoms with E-state index < -0.39 is 23.8 Å². The highest BCUT2D eigenvalue weighted by Crippen LogP contribution is 2.24. The molecule has 0 saturated carbocycles. The summed E-state index contributed by atoms with van der Waals surface area (Å²) in [4.78, 5) is 35.7. The summed E-state index contributed by atoms with van der Waals surface area (Å²) < 4.78 is 0. The third kappa shape index (κ3) is 3.80. The van der Waals surface area contributed by atoms with Crippen LogP contribution in [-0.4, -0.2) is 23.8 Å². The molecule has 0 atom stereocenters. The second-order valence-electron chi connectivity index (χ2n) is 4.37. The van der Waals surface area contributed by atoms with E-state index in [1.54, 1.807) is 6.07 Å². The number of hydrogen-bond donors (Lipinski definition) is 3. The van der Waals surface area contributed by atoms with Crippen LogP contribution in [0.1, 0.15) is 40.4 Å². The van der Waals surface area contributed by atoms with Gasteiger partial charge in [-0.2, -0.15) is 0 Å². The summed E-state index contributed by atoms with van der Waals surface area (Å²) in [6.07, 6.45) is 2.71. The van der Waals surface area contributed by atoms with Gasteiger partial charge >= 0.3 is 0 Å². The van der Waals surface area contributed by atoms with Crippen molar-refractivity contribution in [1.82, 2.24) is 5.32 Å². The maximum atomic E-state index is 12.0. The first kappa shape index (κ1) is 16.2. The van der Waals surface area contributed by atoms with Gasteiger partial charge in [0.25, 0.3) is 5.91 Å². The first-order valence-electron chi connectivity index (χ1n) is 6.41. The number of carbonyl (C=O) groups is 3. The van der Waals surface area contributed by atoms with Gasteiger partial charge in [-0.3, -0.25) is 14.4 Å². The lowest BCUT2D eigenvalue weighted by Crippen LogP contribution is -2.52. The Morgan fingerprint density at radius 3 is 2.30 bits per heavy atom. The molecule has 0 saturated heterocycles. The van der Waals surface area contributed by atoms with Gasteiger partial charge < -0.3 is 16.8 Å². The zero-order valence-electron chi connectivity index (χ0n) is 11.6. The van der Waals surface area contributed by atoms with Gasteiger partial charge in [0.05, 0.1) is 4.88 Å². The summed E-state index contributed by atoms with van der Waals surface area (Å²) in [6.45, 7) is 4.08. The van der Waals surface area contributed by atoms with Crippen LogP contribution in [0, 0.1) is 0 Å². The standard InChI is InChI=1S/C13H19N3O3S/c1-3-5-8-7(4-2)6-9(20-8)13(19)16-10(11(14)17)12(15)18/h6,10H,3-5H2,1-2H3,(H2,14,17)(H2,15,18)(H,16,19). The molecular formula is C13H19N3O3S. The van der Waals surface area contributed by atoms with Crippen LogP contribution in [-0.2, 0) is 22.4 Å². The minimum atomic E-state index is -1.48. The van der Waals surface area contributed by atoms with E-state index in [4.69, 9.17) is 11.5 Å². The highest BCUT2D eigenvalue weighted by Gasteiger charge is 2.25. The van der Waals surface area contributed by atoms with Gasteiger partial charge in [0.2, 0.25) is 11.8 Å². The van der Waals surface area contributed by atoms with Crippen molar-refractivity contribution in [2.75, 3.05) is 0 Å². The highest BCUT2D eigenvalue weighted by atomic mass is 32.1. The lowest BCUT2D eigenvalue weighted by Gasteiger charge is -2.10. The molecule has 20 heavy (non-hydrogen) atoms. The molecule has 0 aliphatic heterocycles. The number of amides is 3. The Kier molecular flexibility index (Phi) is 5.69. The summed E-state index contributed by atoms with van der Waals surface area (Å²) in [5.74, 6) is -2.44. The van der Waals surface area contributed by atoms with Crippen LogP contribution in [0.15, 0.2) is 6.07 Å². The van der Waals surface area contributed by atoms with Crippen LogP contribution in [0.3, 0.4) is 0 Å². The Hall–Kier alpha value is -1.89. The molecule has 0 aliphatic carbocycles. The molecule has 0 radical (unpaired) electrons. The Balaban J connectivity index is 2.92. The predicted octanol–water partition coefficient (Wildman–Crippen LogP) is 0.332. The van der Waals surface area contributed by atoms with E-state index in [0.717, 1.165) is 29.7 Å². The molecule has 0 aliphatic rings. The molecule has 0 fully saturated rings. The van der Waals surface area contributed by atoms with E-state index >= 15 is 0 Å². The minimum Gasteiger partial charge on any atom is -0.367 e. The first-order valence-corrected chi connectivity index (χ1v) is 7.23. The number of carbonyl (C=O) groups excluding carboxylic acids is 3. The molecule has 1 aromatic heterocycles. The number of aryl methyl sites for hydroxylation is 2. The van der Waals surface area contributed by atoms with Crippen molar-refractivity contribution in [3.05, 3.63) is 21.4 Å². The quantitative estimate of drug-likeness (QED) is 0.630. The number of hydrogen-bond acceptors (Lipinski definition) is 4. The molecule has 5 N–H and O–H groups in total. The number of nitrogens with one attached hydrogen (secondary N) is 1. The molecular weight excluding hydrogens is 278 g/mol. The number of primary amides is 2. The molecule has 0 aromatic carbocycles. The van der Waals surface area contributed by atoms with Crippen molar-refractivity contribution in [3.8, 4) is 0 Å². The molecule has 1 aromatic rings. The van der Waals surface area contributed by atoms with E-state index in [-0.39, 0.29) is 0 Å². The average Bonchev–Trinajstić information content (AvgIpc) is 2.78. The highest BCUT2D eigenvalue weighted by molar-refractivity contribution is 7.14. The van der Waals surface area contributed by atoms with Crippen LogP contribution in [0.25, 0.3) is 0 Å². The average molecular weight is 297 g/mol. The monoisotopic (exact) mass is 297 g/mol. The zero-order valence-corrected chi connectivity index (χ0v) is 12.4. The number of nitrogens with two attached hydrogens (primary N) is 2. The van der Waals surface area contributed by atoms with Gasteiger partial charge in [0, 0.05) is 4.88 Å². The number of rotatable bonds is 7. The summed E-state index contributed by atoms with van der Waals surface area (Å²) >= 11 is 1.37. The third-order valence-electron chi connectivity index (χ3n) is 2.82. The largest absolute Gasteiger partial charge is 0.367 e. The van der Waals surface area contributed by atoms with Crippen LogP contribution in [0.2, 0.25) is 0 Å². The molecule has 3 amide bonds. The Morgan fingerprint density at radius 2 is 1.85 bits per heavy atom. The predicted molar refractivity (Wildman–Crippen MR) is 77.3 cm³/mol. The third-order valence-corrected chi connectivity index (χ3v) is 4.06. The maximum absolute atomic E-state index is 12.0. The minimum absolute atomic E-state index is 0.456. The summed E-state index contributed by atoms with van der Waals surface area (Å²) in [5.41, 5.74) is 11.2. The van der Waals surface area contributed by atoms with E-state index in [2.05, 4.69) is 12.2 Å². The Morgan fingerprint density at radius 1 is 1.25 bits per heavy atom. The fraction of sp³-hybridized carbons (Fsp3) is 0.462. The fourth-order valence-electron chi connectivity index (χ4n) is 1.80. The van der Waals surface area contributed by atoms with Gasteiger partial charge in [-0.05, 0) is 24.5 Å². The SMILES string of the molecule is CCCc1sc(C(=O)NC(C(N)=O)C(N)=O)cc1CC. The van der Waals surface area contributed by atoms with Gasteiger partial charge in [0.15, 0.2) is 6.04 Å². The molecule has 6 nitrogen and oxygen atoms in total. The molecule has 1 rings (SSSR count). The van der Waals surface area contributed by atoms with Crippen molar-refractivity contribution in [1.29, 1.82) is 0 Å². The molecule has 0 spiro atoms. The second kappa shape index (κ2) is 7.04. The zero-order chi connectivity index (χ0) is 15.3. The summed E-state index contributed by atoms with van der Waals surface area (Å²) in [6, 6.07) is 0.300. The summed E-state index contributed by atoms with van der Waals surface area (Å²) in [7, 11) is 0. The molecule has 0 unspecified atom stereocenters. The van der Waals surface area contributed by atoms with E-state index in [0.29, 0.717) is 4.88 Å². The van der Waals surface area contributed by atoms with E-state index in [1.807, 2.05) is 6.92 Å². The Bertz CT molecular complexity index is 511. The maximum Gasteiger partial charge on any atom is 0.262 e. The van der Waals surface area contributed by atoms with Crippen LogP contribution in [0.5, 0.6) is 0 Å². The van der Waals surface area contributed by atoms with Crippen LogP contribution < -0.4 is 16.8 Å². The molecule has 0 bridgehead atoms. The lowest BCUT2D eigenvalue weighted by molar-refractivity contribution is -0.128. The number of thiophene rings is 1. The van der Waals surface area contributed by atoms with Crippen molar-refractivity contribution >= 4 is 29.1 Å². The van der Waals surface area contributed by atoms with E-state index in [9.17, 15) is 14.4 Å².